The van der Waals surface area contributed by atoms with Crippen LogP contribution in [0.3, 0.4) is 0 Å². The highest BCUT2D eigenvalue weighted by Gasteiger charge is 2.11. The van der Waals surface area contributed by atoms with Gasteiger partial charge in [-0.25, -0.2) is 9.97 Å². The Morgan fingerprint density at radius 3 is 2.84 bits per heavy atom. The molecule has 3 aromatic rings. The van der Waals surface area contributed by atoms with E-state index in [2.05, 4.69) is 26.4 Å². The number of nitrogens with zero attached hydrogens (tertiary/aromatic N) is 5. The lowest BCUT2D eigenvalue weighted by molar-refractivity contribution is 0.668. The molecule has 3 heterocycles. The van der Waals surface area contributed by atoms with Gasteiger partial charge in [0.25, 0.3) is 0 Å². The Hall–Kier alpha value is -2.37. The molecule has 0 aliphatic rings. The maximum atomic E-state index is 5.80. The van der Waals surface area contributed by atoms with Gasteiger partial charge in [0.05, 0.1) is 23.8 Å². The summed E-state index contributed by atoms with van der Waals surface area (Å²) in [7, 11) is 0. The van der Waals surface area contributed by atoms with Crippen LogP contribution in [-0.4, -0.2) is 24.1 Å². The van der Waals surface area contributed by atoms with Crippen LogP contribution in [-0.2, 0) is 13.1 Å². The minimum atomic E-state index is 0.504. The topological polar surface area (TPSA) is 74.5 Å². The molecule has 0 saturated carbocycles. The van der Waals surface area contributed by atoms with E-state index in [1.807, 2.05) is 30.0 Å². The molecule has 6 nitrogen and oxygen atoms in total. The van der Waals surface area contributed by atoms with Crippen LogP contribution in [0.25, 0.3) is 11.0 Å². The van der Waals surface area contributed by atoms with Gasteiger partial charge in [-0.1, -0.05) is 0 Å². The lowest BCUT2D eigenvalue weighted by atomic mass is 10.3. The van der Waals surface area contributed by atoms with Gasteiger partial charge in [0.15, 0.2) is 0 Å². The molecular formula is C13H16N6. The summed E-state index contributed by atoms with van der Waals surface area (Å²) in [5, 5.41) is 0. The number of pyridine rings is 1. The minimum absolute atomic E-state index is 0.504. The fourth-order valence-electron chi connectivity index (χ4n) is 2.27. The summed E-state index contributed by atoms with van der Waals surface area (Å²) in [5.74, 6) is 1.47. The third kappa shape index (κ3) is 1.95. The number of aromatic nitrogens is 5. The first-order chi connectivity index (χ1) is 9.19. The summed E-state index contributed by atoms with van der Waals surface area (Å²) in [6.07, 6.45) is 5.43. The van der Waals surface area contributed by atoms with Gasteiger partial charge < -0.3 is 14.9 Å². The number of nitrogen functional groups attached to an aromatic ring is 1. The molecule has 2 N–H and O–H groups in total. The lowest BCUT2D eigenvalue weighted by Gasteiger charge is -2.07. The van der Waals surface area contributed by atoms with E-state index in [0.717, 1.165) is 29.1 Å². The molecule has 0 fully saturated rings. The number of rotatable bonds is 3. The molecule has 0 aromatic carbocycles. The summed E-state index contributed by atoms with van der Waals surface area (Å²) < 4.78 is 4.04. The highest BCUT2D eigenvalue weighted by atomic mass is 15.2. The monoisotopic (exact) mass is 256 g/mol. The van der Waals surface area contributed by atoms with Crippen LogP contribution < -0.4 is 5.73 Å². The molecule has 19 heavy (non-hydrogen) atoms. The van der Waals surface area contributed by atoms with Crippen LogP contribution in [0.5, 0.6) is 0 Å². The van der Waals surface area contributed by atoms with E-state index in [9.17, 15) is 0 Å². The first-order valence-corrected chi connectivity index (χ1v) is 6.27. The zero-order valence-corrected chi connectivity index (χ0v) is 11.0. The van der Waals surface area contributed by atoms with Crippen LogP contribution in [0.2, 0.25) is 0 Å². The van der Waals surface area contributed by atoms with Crippen molar-refractivity contribution in [3.8, 4) is 0 Å². The molecule has 0 aliphatic heterocycles. The fourth-order valence-corrected chi connectivity index (χ4v) is 2.27. The molecule has 3 rings (SSSR count). The van der Waals surface area contributed by atoms with Crippen molar-refractivity contribution in [1.29, 1.82) is 0 Å². The first-order valence-electron chi connectivity index (χ1n) is 6.27. The number of hydrogen-bond donors (Lipinski definition) is 1. The van der Waals surface area contributed by atoms with Gasteiger partial charge >= 0.3 is 0 Å². The SMILES string of the molecule is CCn1c(Cn2ccnc2N)nc2cc(C)ncc21. The number of anilines is 1. The highest BCUT2D eigenvalue weighted by Crippen LogP contribution is 2.17. The molecule has 6 heteroatoms. The van der Waals surface area contributed by atoms with E-state index in [1.165, 1.54) is 0 Å². The summed E-state index contributed by atoms with van der Waals surface area (Å²) in [4.78, 5) is 13.0. The first kappa shape index (κ1) is 11.7. The number of imidazole rings is 2. The van der Waals surface area contributed by atoms with E-state index in [-0.39, 0.29) is 0 Å². The zero-order chi connectivity index (χ0) is 13.4. The van der Waals surface area contributed by atoms with Crippen molar-refractivity contribution in [2.45, 2.75) is 26.9 Å². The molecular weight excluding hydrogens is 240 g/mol. The Labute approximate surface area is 110 Å². The number of fused-ring (bicyclic) bond motifs is 1. The highest BCUT2D eigenvalue weighted by molar-refractivity contribution is 5.75. The summed E-state index contributed by atoms with van der Waals surface area (Å²) in [6.45, 7) is 5.54. The molecule has 3 aromatic heterocycles. The maximum Gasteiger partial charge on any atom is 0.200 e. The second-order valence-electron chi connectivity index (χ2n) is 4.50. The maximum absolute atomic E-state index is 5.80. The normalized spacial score (nSPS) is 11.3. The van der Waals surface area contributed by atoms with Crippen molar-refractivity contribution in [1.82, 2.24) is 24.1 Å². The Kier molecular flexibility index (Phi) is 2.70. The smallest absolute Gasteiger partial charge is 0.200 e. The average molecular weight is 256 g/mol. The van der Waals surface area contributed by atoms with Crippen molar-refractivity contribution in [2.75, 3.05) is 5.73 Å². The van der Waals surface area contributed by atoms with Crippen molar-refractivity contribution >= 4 is 17.0 Å². The van der Waals surface area contributed by atoms with Crippen molar-refractivity contribution in [2.24, 2.45) is 0 Å². The van der Waals surface area contributed by atoms with E-state index in [0.29, 0.717) is 12.5 Å². The van der Waals surface area contributed by atoms with E-state index >= 15 is 0 Å². The quantitative estimate of drug-likeness (QED) is 0.772. The van der Waals surface area contributed by atoms with Crippen LogP contribution >= 0.6 is 0 Å². The molecule has 0 amide bonds. The predicted molar refractivity (Wildman–Crippen MR) is 73.7 cm³/mol. The third-order valence-electron chi connectivity index (χ3n) is 3.23. The largest absolute Gasteiger partial charge is 0.369 e. The standard InChI is InChI=1S/C13H16N6/c1-3-19-11-7-16-9(2)6-10(11)17-12(19)8-18-5-4-15-13(18)14/h4-7H,3,8H2,1-2H3,(H2,14,15). The Morgan fingerprint density at radius 1 is 1.32 bits per heavy atom. The molecule has 0 radical (unpaired) electrons. The average Bonchev–Trinajstić information content (AvgIpc) is 2.93. The zero-order valence-electron chi connectivity index (χ0n) is 11.0. The van der Waals surface area contributed by atoms with E-state index < -0.39 is 0 Å². The van der Waals surface area contributed by atoms with Crippen LogP contribution in [0, 0.1) is 6.92 Å². The fraction of sp³-hybridized carbons (Fsp3) is 0.308. The van der Waals surface area contributed by atoms with Crippen LogP contribution in [0.1, 0.15) is 18.4 Å². The number of aryl methyl sites for hydroxylation is 2. The molecule has 0 aliphatic carbocycles. The van der Waals surface area contributed by atoms with Crippen LogP contribution in [0.15, 0.2) is 24.7 Å². The molecule has 0 spiro atoms. The molecule has 0 saturated heterocycles. The van der Waals surface area contributed by atoms with Crippen LogP contribution in [0.4, 0.5) is 5.95 Å². The Bertz CT molecular complexity index is 724. The van der Waals surface area contributed by atoms with Gasteiger partial charge in [0.2, 0.25) is 5.95 Å². The minimum Gasteiger partial charge on any atom is -0.369 e. The van der Waals surface area contributed by atoms with Gasteiger partial charge in [-0.15, -0.1) is 0 Å². The third-order valence-corrected chi connectivity index (χ3v) is 3.23. The number of nitrogens with two attached hydrogens (primary N) is 1. The second kappa shape index (κ2) is 4.38. The summed E-state index contributed by atoms with van der Waals surface area (Å²) in [5.41, 5.74) is 8.81. The van der Waals surface area contributed by atoms with Gasteiger partial charge in [-0.05, 0) is 19.9 Å². The predicted octanol–water partition coefficient (Wildman–Crippen LogP) is 1.59. The Balaban J connectivity index is 2.10. The van der Waals surface area contributed by atoms with Crippen molar-refractivity contribution in [3.63, 3.8) is 0 Å². The molecule has 0 unspecified atom stereocenters. The number of hydrogen-bond acceptors (Lipinski definition) is 4. The molecule has 98 valence electrons. The van der Waals surface area contributed by atoms with E-state index in [1.54, 1.807) is 6.20 Å². The van der Waals surface area contributed by atoms with Crippen molar-refractivity contribution < 1.29 is 0 Å². The summed E-state index contributed by atoms with van der Waals surface area (Å²) in [6, 6.07) is 2.00. The second-order valence-corrected chi connectivity index (χ2v) is 4.50. The molecule has 0 atom stereocenters. The van der Waals surface area contributed by atoms with Gasteiger partial charge in [-0.2, -0.15) is 0 Å². The molecule has 0 bridgehead atoms. The lowest BCUT2D eigenvalue weighted by Crippen LogP contribution is -2.09. The van der Waals surface area contributed by atoms with Crippen molar-refractivity contribution in [3.05, 3.63) is 36.2 Å². The Morgan fingerprint density at radius 2 is 2.16 bits per heavy atom. The van der Waals surface area contributed by atoms with Gasteiger partial charge in [0.1, 0.15) is 5.82 Å². The van der Waals surface area contributed by atoms with E-state index in [4.69, 9.17) is 5.73 Å². The van der Waals surface area contributed by atoms with Gasteiger partial charge in [0, 0.05) is 24.6 Å². The summed E-state index contributed by atoms with van der Waals surface area (Å²) >= 11 is 0. The van der Waals surface area contributed by atoms with Gasteiger partial charge in [-0.3, -0.25) is 4.98 Å².